The van der Waals surface area contributed by atoms with Gasteiger partial charge in [0, 0.05) is 28.4 Å². The van der Waals surface area contributed by atoms with Crippen LogP contribution in [0.4, 0.5) is 0 Å². The van der Waals surface area contributed by atoms with Crippen LogP contribution in [0.15, 0.2) is 18.5 Å². The highest BCUT2D eigenvalue weighted by molar-refractivity contribution is 14.1. The Morgan fingerprint density at radius 2 is 2.38 bits per heavy atom. The van der Waals surface area contributed by atoms with Crippen LogP contribution in [0, 0.1) is 3.57 Å². The summed E-state index contributed by atoms with van der Waals surface area (Å²) in [6.45, 7) is 2.17. The van der Waals surface area contributed by atoms with Crippen molar-refractivity contribution >= 4 is 39.6 Å². The van der Waals surface area contributed by atoms with Gasteiger partial charge >= 0.3 is 5.97 Å². The van der Waals surface area contributed by atoms with Gasteiger partial charge in [-0.1, -0.05) is 0 Å². The van der Waals surface area contributed by atoms with E-state index in [0.717, 1.165) is 14.6 Å². The van der Waals surface area contributed by atoms with Gasteiger partial charge in [-0.3, -0.25) is 0 Å². The van der Waals surface area contributed by atoms with Crippen LogP contribution in [-0.4, -0.2) is 22.1 Å². The number of aryl methyl sites for hydroxylation is 1. The van der Waals surface area contributed by atoms with E-state index >= 15 is 0 Å². The van der Waals surface area contributed by atoms with Gasteiger partial charge in [-0.25, -0.2) is 9.78 Å². The van der Waals surface area contributed by atoms with Gasteiger partial charge < -0.3 is 9.30 Å². The molecule has 0 radical (unpaired) electrons. The van der Waals surface area contributed by atoms with Gasteiger partial charge in [-0.05, 0) is 35.6 Å². The van der Waals surface area contributed by atoms with Crippen LogP contribution in [0.2, 0.25) is 0 Å². The number of hydrogen-bond acceptors (Lipinski definition) is 3. The number of halogens is 1. The Hall–Kier alpha value is -1.11. The van der Waals surface area contributed by atoms with Crippen LogP contribution in [0.25, 0.3) is 11.0 Å². The van der Waals surface area contributed by atoms with Crippen molar-refractivity contribution in [2.24, 2.45) is 7.05 Å². The Labute approximate surface area is 107 Å². The number of hydrogen-bond donors (Lipinski definition) is 0. The van der Waals surface area contributed by atoms with Crippen molar-refractivity contribution in [2.75, 3.05) is 6.61 Å². The summed E-state index contributed by atoms with van der Waals surface area (Å²) in [4.78, 5) is 15.8. The van der Waals surface area contributed by atoms with E-state index in [-0.39, 0.29) is 5.97 Å². The molecule has 0 amide bonds. The lowest BCUT2D eigenvalue weighted by molar-refractivity contribution is 0.0526. The number of carbonyl (C=O) groups excluding carboxylic acids is 1. The molecule has 0 spiro atoms. The lowest BCUT2D eigenvalue weighted by Crippen LogP contribution is -2.05. The molecule has 2 heterocycles. The summed E-state index contributed by atoms with van der Waals surface area (Å²) >= 11 is 2.23. The Bertz CT molecular complexity index is 548. The fraction of sp³-hybridized carbons (Fsp3) is 0.273. The van der Waals surface area contributed by atoms with Crippen LogP contribution < -0.4 is 0 Å². The topological polar surface area (TPSA) is 44.1 Å². The number of carbonyl (C=O) groups is 1. The van der Waals surface area contributed by atoms with Crippen LogP contribution in [-0.2, 0) is 11.8 Å². The SMILES string of the molecule is CCOC(=O)c1cnc2c(c1)c(I)cn2C. The van der Waals surface area contributed by atoms with Crippen molar-refractivity contribution in [3.05, 3.63) is 27.6 Å². The largest absolute Gasteiger partial charge is 0.462 e. The molecule has 16 heavy (non-hydrogen) atoms. The molecular formula is C11H11IN2O2. The first-order valence-corrected chi connectivity index (χ1v) is 5.99. The zero-order valence-corrected chi connectivity index (χ0v) is 11.2. The van der Waals surface area contributed by atoms with Gasteiger partial charge in [0.2, 0.25) is 0 Å². The van der Waals surface area contributed by atoms with Crippen LogP contribution >= 0.6 is 22.6 Å². The molecule has 0 aromatic carbocycles. The minimum Gasteiger partial charge on any atom is -0.462 e. The zero-order chi connectivity index (χ0) is 11.7. The normalized spacial score (nSPS) is 10.7. The van der Waals surface area contributed by atoms with Gasteiger partial charge in [-0.15, -0.1) is 0 Å². The van der Waals surface area contributed by atoms with E-state index in [4.69, 9.17) is 4.74 Å². The molecule has 0 aliphatic rings. The second-order valence-electron chi connectivity index (χ2n) is 3.40. The maximum Gasteiger partial charge on any atom is 0.339 e. The second-order valence-corrected chi connectivity index (χ2v) is 4.57. The van der Waals surface area contributed by atoms with Crippen molar-refractivity contribution in [2.45, 2.75) is 6.92 Å². The standard InChI is InChI=1S/C11H11IN2O2/c1-3-16-11(15)7-4-8-9(12)6-14(2)10(8)13-5-7/h4-6H,3H2,1-2H3. The molecular weight excluding hydrogens is 319 g/mol. The van der Waals surface area contributed by atoms with E-state index in [9.17, 15) is 4.79 Å². The molecule has 0 N–H and O–H groups in total. The molecule has 2 aromatic heterocycles. The first-order chi connectivity index (χ1) is 7.63. The van der Waals surface area contributed by atoms with Gasteiger partial charge in [0.15, 0.2) is 0 Å². The molecule has 0 saturated heterocycles. The summed E-state index contributed by atoms with van der Waals surface area (Å²) in [5.74, 6) is -0.323. The van der Waals surface area contributed by atoms with Crippen LogP contribution in [0.1, 0.15) is 17.3 Å². The number of pyridine rings is 1. The third-order valence-corrected chi connectivity index (χ3v) is 3.14. The lowest BCUT2D eigenvalue weighted by Gasteiger charge is -2.01. The first-order valence-electron chi connectivity index (χ1n) is 4.91. The molecule has 2 aromatic rings. The summed E-state index contributed by atoms with van der Waals surface area (Å²) in [7, 11) is 1.93. The number of fused-ring (bicyclic) bond motifs is 1. The summed E-state index contributed by atoms with van der Waals surface area (Å²) in [5, 5.41) is 0.980. The zero-order valence-electron chi connectivity index (χ0n) is 9.03. The van der Waals surface area contributed by atoms with Gasteiger partial charge in [0.25, 0.3) is 0 Å². The summed E-state index contributed by atoms with van der Waals surface area (Å²) < 4.78 is 7.95. The third kappa shape index (κ3) is 1.91. The van der Waals surface area contributed by atoms with E-state index in [0.29, 0.717) is 12.2 Å². The van der Waals surface area contributed by atoms with E-state index in [1.165, 1.54) is 0 Å². The number of nitrogens with zero attached hydrogens (tertiary/aromatic N) is 2. The highest BCUT2D eigenvalue weighted by Crippen LogP contribution is 2.21. The number of aromatic nitrogens is 2. The molecule has 0 fully saturated rings. The van der Waals surface area contributed by atoms with Crippen molar-refractivity contribution in [1.29, 1.82) is 0 Å². The quantitative estimate of drug-likeness (QED) is 0.627. The number of esters is 1. The van der Waals surface area contributed by atoms with Crippen molar-refractivity contribution in [1.82, 2.24) is 9.55 Å². The molecule has 0 saturated carbocycles. The molecule has 5 heteroatoms. The Balaban J connectivity index is 2.51. The van der Waals surface area contributed by atoms with Crippen LogP contribution in [0.3, 0.4) is 0 Å². The highest BCUT2D eigenvalue weighted by Gasteiger charge is 2.11. The van der Waals surface area contributed by atoms with Crippen molar-refractivity contribution < 1.29 is 9.53 Å². The minimum absolute atomic E-state index is 0.323. The van der Waals surface area contributed by atoms with Gasteiger partial charge in [0.1, 0.15) is 5.65 Å². The van der Waals surface area contributed by atoms with Crippen molar-refractivity contribution in [3.63, 3.8) is 0 Å². The Morgan fingerprint density at radius 3 is 3.06 bits per heavy atom. The van der Waals surface area contributed by atoms with Gasteiger partial charge in [-0.2, -0.15) is 0 Å². The van der Waals surface area contributed by atoms with E-state index in [1.54, 1.807) is 13.1 Å². The maximum absolute atomic E-state index is 11.5. The lowest BCUT2D eigenvalue weighted by atomic mass is 10.2. The van der Waals surface area contributed by atoms with E-state index in [1.807, 2.05) is 23.9 Å². The molecule has 4 nitrogen and oxygen atoms in total. The minimum atomic E-state index is -0.323. The Kier molecular flexibility index (Phi) is 3.13. The maximum atomic E-state index is 11.5. The molecule has 2 rings (SSSR count). The number of ether oxygens (including phenoxy) is 1. The predicted molar refractivity (Wildman–Crippen MR) is 69.4 cm³/mol. The second kappa shape index (κ2) is 4.40. The predicted octanol–water partition coefficient (Wildman–Crippen LogP) is 2.35. The average molecular weight is 330 g/mol. The monoisotopic (exact) mass is 330 g/mol. The highest BCUT2D eigenvalue weighted by atomic mass is 127. The average Bonchev–Trinajstić information content (AvgIpc) is 2.55. The summed E-state index contributed by atoms with van der Waals surface area (Å²) in [6.07, 6.45) is 3.53. The smallest absolute Gasteiger partial charge is 0.339 e. The third-order valence-electron chi connectivity index (χ3n) is 2.28. The van der Waals surface area contributed by atoms with Crippen LogP contribution in [0.5, 0.6) is 0 Å². The molecule has 84 valence electrons. The molecule has 0 unspecified atom stereocenters. The molecule has 0 aliphatic heterocycles. The molecule has 0 bridgehead atoms. The first kappa shape index (κ1) is 11.4. The van der Waals surface area contributed by atoms with Crippen molar-refractivity contribution in [3.8, 4) is 0 Å². The van der Waals surface area contributed by atoms with Gasteiger partial charge in [0.05, 0.1) is 12.2 Å². The summed E-state index contributed by atoms with van der Waals surface area (Å²) in [6, 6.07) is 1.82. The van der Waals surface area contributed by atoms with E-state index in [2.05, 4.69) is 27.6 Å². The molecule has 0 aliphatic carbocycles. The fourth-order valence-electron chi connectivity index (χ4n) is 1.54. The Morgan fingerprint density at radius 1 is 1.62 bits per heavy atom. The molecule has 0 atom stereocenters. The summed E-state index contributed by atoms with van der Waals surface area (Å²) in [5.41, 5.74) is 1.37. The van der Waals surface area contributed by atoms with E-state index < -0.39 is 0 Å². The number of rotatable bonds is 2. The fourth-order valence-corrected chi connectivity index (χ4v) is 2.36.